The van der Waals surface area contributed by atoms with Crippen molar-refractivity contribution in [3.05, 3.63) is 89.2 Å². The van der Waals surface area contributed by atoms with E-state index in [-0.39, 0.29) is 29.0 Å². The van der Waals surface area contributed by atoms with Crippen molar-refractivity contribution in [3.8, 4) is 11.3 Å². The van der Waals surface area contributed by atoms with Crippen LogP contribution < -0.4 is 11.1 Å². The van der Waals surface area contributed by atoms with E-state index in [2.05, 4.69) is 20.1 Å². The number of nitrogens with zero attached hydrogens (tertiary/aromatic N) is 6. The van der Waals surface area contributed by atoms with Crippen LogP contribution in [0.2, 0.25) is 0 Å². The summed E-state index contributed by atoms with van der Waals surface area (Å²) in [5.41, 5.74) is 10.5. The Morgan fingerprint density at radius 3 is 2.48 bits per heavy atom. The Bertz CT molecular complexity index is 1710. The van der Waals surface area contributed by atoms with Crippen molar-refractivity contribution in [3.63, 3.8) is 0 Å². The van der Waals surface area contributed by atoms with Crippen LogP contribution >= 0.6 is 0 Å². The number of fused-ring (bicyclic) bond motifs is 1. The van der Waals surface area contributed by atoms with Crippen molar-refractivity contribution >= 4 is 34.4 Å². The molecule has 2 aromatic carbocycles. The van der Waals surface area contributed by atoms with Gasteiger partial charge in [0.1, 0.15) is 17.8 Å². The summed E-state index contributed by atoms with van der Waals surface area (Å²) in [7, 11) is 0. The highest BCUT2D eigenvalue weighted by molar-refractivity contribution is 6.04. The fraction of sp³-hybridized carbons (Fsp3) is 0.312. The van der Waals surface area contributed by atoms with Crippen molar-refractivity contribution in [1.29, 1.82) is 0 Å². The molecule has 214 valence electrons. The Morgan fingerprint density at radius 2 is 1.81 bits per heavy atom. The zero-order valence-corrected chi connectivity index (χ0v) is 24.3. The van der Waals surface area contributed by atoms with Gasteiger partial charge in [0, 0.05) is 29.9 Å². The van der Waals surface area contributed by atoms with Crippen molar-refractivity contribution in [2.24, 2.45) is 5.41 Å². The number of nitrogens with two attached hydrogens (primary N) is 1. The molecule has 0 radical (unpaired) electrons. The molecule has 0 aliphatic carbocycles. The molecule has 1 saturated heterocycles. The Morgan fingerprint density at radius 1 is 1.10 bits per heavy atom. The van der Waals surface area contributed by atoms with Gasteiger partial charge in [0.25, 0.3) is 11.8 Å². The number of rotatable bonds is 5. The normalized spacial score (nSPS) is 15.8. The highest BCUT2D eigenvalue weighted by atomic mass is 16.2. The number of hydrogen-bond acceptors (Lipinski definition) is 6. The zero-order valence-electron chi connectivity index (χ0n) is 24.3. The minimum Gasteiger partial charge on any atom is -0.383 e. The number of piperidine rings is 1. The summed E-state index contributed by atoms with van der Waals surface area (Å²) in [5.74, 6) is -0.144. The van der Waals surface area contributed by atoms with Gasteiger partial charge in [0.05, 0.1) is 18.0 Å². The summed E-state index contributed by atoms with van der Waals surface area (Å²) in [6.45, 7) is 16.4. The maximum absolute atomic E-state index is 13.3. The molecule has 3 N–H and O–H groups in total. The van der Waals surface area contributed by atoms with Crippen molar-refractivity contribution in [1.82, 2.24) is 24.6 Å². The molecule has 5 rings (SSSR count). The quantitative estimate of drug-likeness (QED) is 0.239. The number of hydrogen-bond donors (Lipinski definition) is 2. The van der Waals surface area contributed by atoms with E-state index in [1.807, 2.05) is 68.8 Å². The Hall–Kier alpha value is -5.04. The number of nitrogen functional groups attached to an aromatic ring is 1. The smallest absolute Gasteiger partial charge is 0.255 e. The fourth-order valence-electron chi connectivity index (χ4n) is 5.12. The molecule has 10 heteroatoms. The average molecular weight is 563 g/mol. The molecule has 4 aromatic rings. The lowest BCUT2D eigenvalue weighted by Crippen LogP contribution is -2.41. The van der Waals surface area contributed by atoms with Crippen LogP contribution in [0, 0.1) is 18.9 Å². The molecule has 10 nitrogen and oxygen atoms in total. The summed E-state index contributed by atoms with van der Waals surface area (Å²) in [5, 5.41) is 8.50. The molecule has 2 amide bonds. The molecule has 0 spiro atoms. The lowest BCUT2D eigenvalue weighted by molar-refractivity contribution is -0.128. The standard InChI is InChI=1S/C32H34N8O2/c1-20-8-10-22(11-9-20)30(41)37-23-14-12-21(13-15-23)27-26-28(33)35-19-36-29(26)40(38-27)24-7-6-16-39(18-24)31(42)25(34-5)17-32(2,3)4/h8-15,17,19,24H,6-7,16,18H2,1-4H3,(H,37,41)(H2,33,35,36)/b25-17-/t24-/m1/s1. The highest BCUT2D eigenvalue weighted by Crippen LogP contribution is 2.34. The summed E-state index contributed by atoms with van der Waals surface area (Å²) >= 11 is 0. The van der Waals surface area contributed by atoms with E-state index in [4.69, 9.17) is 17.4 Å². The predicted octanol–water partition coefficient (Wildman–Crippen LogP) is 5.65. The monoisotopic (exact) mass is 562 g/mol. The summed E-state index contributed by atoms with van der Waals surface area (Å²) in [6.07, 6.45) is 4.71. The predicted molar refractivity (Wildman–Crippen MR) is 163 cm³/mol. The number of likely N-dealkylation sites (tertiary alicyclic amines) is 1. The number of amides is 2. The molecule has 1 aliphatic rings. The van der Waals surface area contributed by atoms with Crippen LogP contribution in [0.3, 0.4) is 0 Å². The lowest BCUT2D eigenvalue weighted by Gasteiger charge is -2.33. The van der Waals surface area contributed by atoms with Crippen LogP contribution in [0.5, 0.6) is 0 Å². The molecule has 1 fully saturated rings. The molecule has 3 heterocycles. The van der Waals surface area contributed by atoms with E-state index in [0.717, 1.165) is 24.0 Å². The number of carbonyl (C=O) groups is 2. The number of allylic oxidation sites excluding steroid dienone is 1. The van der Waals surface area contributed by atoms with E-state index >= 15 is 0 Å². The van der Waals surface area contributed by atoms with Gasteiger partial charge >= 0.3 is 0 Å². The second-order valence-electron chi connectivity index (χ2n) is 11.7. The molecular weight excluding hydrogens is 528 g/mol. The maximum atomic E-state index is 13.3. The zero-order chi connectivity index (χ0) is 30.0. The molecule has 1 atom stereocenters. The topological polar surface area (TPSA) is 123 Å². The van der Waals surface area contributed by atoms with E-state index in [1.54, 1.807) is 23.1 Å². The molecule has 0 saturated carbocycles. The largest absolute Gasteiger partial charge is 0.383 e. The minimum atomic E-state index is -0.286. The van der Waals surface area contributed by atoms with E-state index in [1.165, 1.54) is 6.33 Å². The number of anilines is 2. The maximum Gasteiger partial charge on any atom is 0.255 e. The molecular formula is C32H34N8O2. The second kappa shape index (κ2) is 11.4. The Balaban J connectivity index is 1.42. The second-order valence-corrected chi connectivity index (χ2v) is 11.7. The van der Waals surface area contributed by atoms with Gasteiger partial charge in [-0.15, -0.1) is 0 Å². The number of aromatic nitrogens is 4. The van der Waals surface area contributed by atoms with Gasteiger partial charge in [-0.3, -0.25) is 9.59 Å². The van der Waals surface area contributed by atoms with Gasteiger partial charge in [0.2, 0.25) is 5.70 Å². The van der Waals surface area contributed by atoms with Gasteiger partial charge in [-0.1, -0.05) is 56.7 Å². The van der Waals surface area contributed by atoms with E-state index in [9.17, 15) is 9.59 Å². The van der Waals surface area contributed by atoms with Crippen molar-refractivity contribution < 1.29 is 9.59 Å². The highest BCUT2D eigenvalue weighted by Gasteiger charge is 2.30. The first-order chi connectivity index (χ1) is 20.0. The van der Waals surface area contributed by atoms with E-state index in [0.29, 0.717) is 46.9 Å². The van der Waals surface area contributed by atoms with Crippen LogP contribution in [0.1, 0.15) is 55.6 Å². The average Bonchev–Trinajstić information content (AvgIpc) is 3.37. The number of carbonyl (C=O) groups excluding carboxylic acids is 2. The minimum absolute atomic E-state index is 0.135. The first-order valence-corrected chi connectivity index (χ1v) is 13.9. The first kappa shape index (κ1) is 28.5. The van der Waals surface area contributed by atoms with Crippen LogP contribution in [0.4, 0.5) is 11.5 Å². The van der Waals surface area contributed by atoms with Crippen LogP contribution in [-0.4, -0.2) is 49.6 Å². The summed E-state index contributed by atoms with van der Waals surface area (Å²) in [4.78, 5) is 39.9. The van der Waals surface area contributed by atoms with E-state index < -0.39 is 0 Å². The lowest BCUT2D eigenvalue weighted by atomic mass is 9.95. The Kier molecular flexibility index (Phi) is 7.77. The number of benzene rings is 2. The van der Waals surface area contributed by atoms with Gasteiger partial charge in [-0.05, 0) is 49.4 Å². The van der Waals surface area contributed by atoms with Crippen LogP contribution in [0.15, 0.2) is 66.6 Å². The van der Waals surface area contributed by atoms with Gasteiger partial charge in [-0.25, -0.2) is 19.5 Å². The third kappa shape index (κ3) is 6.00. The van der Waals surface area contributed by atoms with Gasteiger partial charge < -0.3 is 16.0 Å². The molecule has 0 bridgehead atoms. The molecule has 0 unspecified atom stereocenters. The third-order valence-corrected chi connectivity index (χ3v) is 7.19. The molecule has 42 heavy (non-hydrogen) atoms. The summed E-state index contributed by atoms with van der Waals surface area (Å²) < 4.78 is 1.83. The SMILES string of the molecule is [C-]#[N+]/C(=C\C(C)(C)C)C(=O)N1CCC[C@@H](n2nc(-c3ccc(NC(=O)c4ccc(C)cc4)cc3)c3c(N)ncnc32)C1. The van der Waals surface area contributed by atoms with Crippen molar-refractivity contribution in [2.75, 3.05) is 24.1 Å². The van der Waals surface area contributed by atoms with Crippen molar-refractivity contribution in [2.45, 2.75) is 46.6 Å². The van der Waals surface area contributed by atoms with Crippen LogP contribution in [-0.2, 0) is 4.79 Å². The number of nitrogens with one attached hydrogen (secondary N) is 1. The first-order valence-electron chi connectivity index (χ1n) is 13.9. The van der Waals surface area contributed by atoms with Gasteiger partial charge in [0.15, 0.2) is 5.65 Å². The number of aryl methyl sites for hydroxylation is 1. The molecule has 2 aromatic heterocycles. The van der Waals surface area contributed by atoms with Crippen LogP contribution in [0.25, 0.3) is 27.1 Å². The third-order valence-electron chi connectivity index (χ3n) is 7.19. The van der Waals surface area contributed by atoms with Gasteiger partial charge in [-0.2, -0.15) is 5.10 Å². The molecule has 1 aliphatic heterocycles. The fourth-order valence-corrected chi connectivity index (χ4v) is 5.12. The summed E-state index contributed by atoms with van der Waals surface area (Å²) in [6, 6.07) is 14.6. The Labute approximate surface area is 245 Å².